The number of aromatic nitrogens is 2. The van der Waals surface area contributed by atoms with Crippen LogP contribution in [-0.2, 0) is 5.41 Å². The Labute approximate surface area is 113 Å². The fourth-order valence-electron chi connectivity index (χ4n) is 2.17. The molecule has 0 radical (unpaired) electrons. The van der Waals surface area contributed by atoms with Gasteiger partial charge in [-0.2, -0.15) is 0 Å². The molecular formula is C17H18N2. The SMILES string of the molecule is CC(C)(C)c1nc2ccc(-c3ccccc3)cc2[nH]1. The fraction of sp³-hybridized carbons (Fsp3) is 0.235. The van der Waals surface area contributed by atoms with Crippen molar-refractivity contribution in [3.05, 3.63) is 54.4 Å². The van der Waals surface area contributed by atoms with Gasteiger partial charge in [-0.25, -0.2) is 4.98 Å². The molecule has 0 atom stereocenters. The molecule has 3 aromatic rings. The Morgan fingerprint density at radius 3 is 2.32 bits per heavy atom. The molecule has 0 spiro atoms. The molecule has 0 saturated carbocycles. The Morgan fingerprint density at radius 1 is 0.895 bits per heavy atom. The fourth-order valence-corrected chi connectivity index (χ4v) is 2.17. The first kappa shape index (κ1) is 12.0. The van der Waals surface area contributed by atoms with Crippen LogP contribution in [0, 0.1) is 0 Å². The van der Waals surface area contributed by atoms with Gasteiger partial charge in [-0.1, -0.05) is 57.2 Å². The Kier molecular flexibility index (Phi) is 2.67. The van der Waals surface area contributed by atoms with E-state index >= 15 is 0 Å². The zero-order valence-electron chi connectivity index (χ0n) is 11.6. The molecule has 0 amide bonds. The molecule has 19 heavy (non-hydrogen) atoms. The predicted molar refractivity (Wildman–Crippen MR) is 80.2 cm³/mol. The van der Waals surface area contributed by atoms with Crippen molar-refractivity contribution in [2.45, 2.75) is 26.2 Å². The minimum Gasteiger partial charge on any atom is -0.342 e. The number of imidazole rings is 1. The molecule has 3 rings (SSSR count). The molecule has 0 aliphatic rings. The Bertz CT molecular complexity index is 703. The van der Waals surface area contributed by atoms with E-state index in [0.717, 1.165) is 16.9 Å². The van der Waals surface area contributed by atoms with Crippen LogP contribution in [0.2, 0.25) is 0 Å². The van der Waals surface area contributed by atoms with E-state index in [1.54, 1.807) is 0 Å². The molecule has 0 fully saturated rings. The monoisotopic (exact) mass is 250 g/mol. The van der Waals surface area contributed by atoms with E-state index in [9.17, 15) is 0 Å². The van der Waals surface area contributed by atoms with Crippen molar-refractivity contribution in [2.75, 3.05) is 0 Å². The molecule has 0 saturated heterocycles. The van der Waals surface area contributed by atoms with Gasteiger partial charge in [0, 0.05) is 5.41 Å². The van der Waals surface area contributed by atoms with Crippen LogP contribution in [0.4, 0.5) is 0 Å². The van der Waals surface area contributed by atoms with Crippen molar-refractivity contribution in [1.82, 2.24) is 9.97 Å². The smallest absolute Gasteiger partial charge is 0.112 e. The molecule has 2 heteroatoms. The highest BCUT2D eigenvalue weighted by Crippen LogP contribution is 2.26. The van der Waals surface area contributed by atoms with Gasteiger partial charge < -0.3 is 4.98 Å². The number of benzene rings is 2. The second-order valence-corrected chi connectivity index (χ2v) is 5.93. The maximum absolute atomic E-state index is 4.66. The lowest BCUT2D eigenvalue weighted by atomic mass is 9.96. The zero-order chi connectivity index (χ0) is 13.5. The van der Waals surface area contributed by atoms with Crippen molar-refractivity contribution < 1.29 is 0 Å². The lowest BCUT2D eigenvalue weighted by molar-refractivity contribution is 0.554. The zero-order valence-corrected chi connectivity index (χ0v) is 11.6. The summed E-state index contributed by atoms with van der Waals surface area (Å²) < 4.78 is 0. The van der Waals surface area contributed by atoms with E-state index < -0.39 is 0 Å². The number of nitrogens with one attached hydrogen (secondary N) is 1. The van der Waals surface area contributed by atoms with E-state index in [-0.39, 0.29) is 5.41 Å². The normalized spacial score (nSPS) is 11.9. The standard InChI is InChI=1S/C17H18N2/c1-17(2,3)16-18-14-10-9-13(11-15(14)19-16)12-7-5-4-6-8-12/h4-11H,1-3H3,(H,18,19). The third kappa shape index (κ3) is 2.26. The van der Waals surface area contributed by atoms with Crippen LogP contribution >= 0.6 is 0 Å². The maximum atomic E-state index is 4.66. The molecule has 0 aliphatic heterocycles. The van der Waals surface area contributed by atoms with Crippen LogP contribution in [0.3, 0.4) is 0 Å². The van der Waals surface area contributed by atoms with Gasteiger partial charge in [-0.3, -0.25) is 0 Å². The summed E-state index contributed by atoms with van der Waals surface area (Å²) in [7, 11) is 0. The van der Waals surface area contributed by atoms with Crippen LogP contribution < -0.4 is 0 Å². The summed E-state index contributed by atoms with van der Waals surface area (Å²) in [6, 6.07) is 16.8. The number of nitrogens with zero attached hydrogens (tertiary/aromatic N) is 1. The van der Waals surface area contributed by atoms with Crippen LogP contribution in [0.5, 0.6) is 0 Å². The molecule has 2 aromatic carbocycles. The van der Waals surface area contributed by atoms with E-state index in [1.807, 2.05) is 6.07 Å². The summed E-state index contributed by atoms with van der Waals surface area (Å²) in [5, 5.41) is 0. The highest BCUT2D eigenvalue weighted by molar-refractivity contribution is 5.82. The molecule has 1 N–H and O–H groups in total. The average molecular weight is 250 g/mol. The topological polar surface area (TPSA) is 28.7 Å². The van der Waals surface area contributed by atoms with Gasteiger partial charge in [0.05, 0.1) is 11.0 Å². The third-order valence-electron chi connectivity index (χ3n) is 3.30. The first-order valence-electron chi connectivity index (χ1n) is 6.60. The van der Waals surface area contributed by atoms with Gasteiger partial charge in [-0.15, -0.1) is 0 Å². The minimum atomic E-state index is 0.0475. The largest absolute Gasteiger partial charge is 0.342 e. The molecule has 0 unspecified atom stereocenters. The number of aromatic amines is 1. The highest BCUT2D eigenvalue weighted by atomic mass is 14.9. The summed E-state index contributed by atoms with van der Waals surface area (Å²) in [6.07, 6.45) is 0. The third-order valence-corrected chi connectivity index (χ3v) is 3.30. The molecular weight excluding hydrogens is 232 g/mol. The summed E-state index contributed by atoms with van der Waals surface area (Å²) in [5.74, 6) is 1.03. The predicted octanol–water partition coefficient (Wildman–Crippen LogP) is 4.53. The maximum Gasteiger partial charge on any atom is 0.112 e. The summed E-state index contributed by atoms with van der Waals surface area (Å²) >= 11 is 0. The van der Waals surface area contributed by atoms with Gasteiger partial charge in [0.15, 0.2) is 0 Å². The average Bonchev–Trinajstić information content (AvgIpc) is 2.82. The van der Waals surface area contributed by atoms with E-state index in [2.05, 4.69) is 73.2 Å². The minimum absolute atomic E-state index is 0.0475. The summed E-state index contributed by atoms with van der Waals surface area (Å²) in [5.41, 5.74) is 4.63. The van der Waals surface area contributed by atoms with Gasteiger partial charge >= 0.3 is 0 Å². The van der Waals surface area contributed by atoms with Gasteiger partial charge in [0.1, 0.15) is 5.82 Å². The van der Waals surface area contributed by atoms with Gasteiger partial charge in [-0.05, 0) is 23.3 Å². The van der Waals surface area contributed by atoms with Gasteiger partial charge in [0.2, 0.25) is 0 Å². The van der Waals surface area contributed by atoms with E-state index in [4.69, 9.17) is 0 Å². The Balaban J connectivity index is 2.11. The molecule has 96 valence electrons. The first-order valence-corrected chi connectivity index (χ1v) is 6.60. The van der Waals surface area contributed by atoms with Crippen molar-refractivity contribution in [3.63, 3.8) is 0 Å². The van der Waals surface area contributed by atoms with E-state index in [0.29, 0.717) is 0 Å². The van der Waals surface area contributed by atoms with Crippen molar-refractivity contribution in [2.24, 2.45) is 0 Å². The van der Waals surface area contributed by atoms with Crippen molar-refractivity contribution in [3.8, 4) is 11.1 Å². The highest BCUT2D eigenvalue weighted by Gasteiger charge is 2.18. The van der Waals surface area contributed by atoms with Crippen molar-refractivity contribution >= 4 is 11.0 Å². The number of hydrogen-bond donors (Lipinski definition) is 1. The lowest BCUT2D eigenvalue weighted by Gasteiger charge is -2.13. The van der Waals surface area contributed by atoms with Crippen LogP contribution in [-0.4, -0.2) is 9.97 Å². The van der Waals surface area contributed by atoms with Crippen molar-refractivity contribution in [1.29, 1.82) is 0 Å². The van der Waals surface area contributed by atoms with Crippen LogP contribution in [0.1, 0.15) is 26.6 Å². The number of rotatable bonds is 1. The quantitative estimate of drug-likeness (QED) is 0.675. The van der Waals surface area contributed by atoms with Crippen LogP contribution in [0.25, 0.3) is 22.2 Å². The lowest BCUT2D eigenvalue weighted by Crippen LogP contribution is -2.12. The second kappa shape index (κ2) is 4.23. The number of hydrogen-bond acceptors (Lipinski definition) is 1. The molecule has 1 heterocycles. The van der Waals surface area contributed by atoms with E-state index in [1.165, 1.54) is 11.1 Å². The Hall–Kier alpha value is -2.09. The summed E-state index contributed by atoms with van der Waals surface area (Å²) in [4.78, 5) is 8.10. The van der Waals surface area contributed by atoms with Crippen LogP contribution in [0.15, 0.2) is 48.5 Å². The molecule has 1 aromatic heterocycles. The first-order chi connectivity index (χ1) is 9.04. The van der Waals surface area contributed by atoms with Gasteiger partial charge in [0.25, 0.3) is 0 Å². The Morgan fingerprint density at radius 2 is 1.63 bits per heavy atom. The number of fused-ring (bicyclic) bond motifs is 1. The molecule has 0 bridgehead atoms. The molecule has 0 aliphatic carbocycles. The number of H-pyrrole nitrogens is 1. The summed E-state index contributed by atoms with van der Waals surface area (Å²) in [6.45, 7) is 6.51. The second-order valence-electron chi connectivity index (χ2n) is 5.93. The molecule has 2 nitrogen and oxygen atoms in total.